The highest BCUT2D eigenvalue weighted by molar-refractivity contribution is 5.86. The molecule has 0 aliphatic heterocycles. The van der Waals surface area contributed by atoms with Crippen molar-refractivity contribution in [1.82, 2.24) is 5.32 Å². The molecule has 1 aromatic rings. The Bertz CT molecular complexity index is 623. The first kappa shape index (κ1) is 18.3. The lowest BCUT2D eigenvalue weighted by molar-refractivity contribution is -0.152. The zero-order valence-corrected chi connectivity index (χ0v) is 13.5. The summed E-state index contributed by atoms with van der Waals surface area (Å²) in [5, 5.41) is 11.7. The number of alkyl halides is 3. The van der Waals surface area contributed by atoms with Gasteiger partial charge in [-0.3, -0.25) is 9.59 Å². The number of rotatable bonds is 5. The fourth-order valence-corrected chi connectivity index (χ4v) is 2.76. The minimum absolute atomic E-state index is 0.222. The van der Waals surface area contributed by atoms with E-state index < -0.39 is 35.0 Å². The predicted octanol–water partition coefficient (Wildman–Crippen LogP) is 3.21. The van der Waals surface area contributed by atoms with E-state index in [1.54, 1.807) is 0 Å². The largest absolute Gasteiger partial charge is 0.481 e. The minimum atomic E-state index is -4.38. The molecule has 2 unspecified atom stereocenters. The summed E-state index contributed by atoms with van der Waals surface area (Å²) in [6.07, 6.45) is -3.34. The summed E-state index contributed by atoms with van der Waals surface area (Å²) in [6.45, 7) is 3.84. The summed E-state index contributed by atoms with van der Waals surface area (Å²) in [7, 11) is 0. The second-order valence-corrected chi connectivity index (χ2v) is 6.81. The Morgan fingerprint density at radius 1 is 1.08 bits per heavy atom. The lowest BCUT2D eigenvalue weighted by Gasteiger charge is -2.33. The molecule has 1 aromatic carbocycles. The molecule has 0 radical (unpaired) electrons. The molecule has 2 N–H and O–H groups in total. The van der Waals surface area contributed by atoms with Crippen LogP contribution in [0.2, 0.25) is 0 Å². The van der Waals surface area contributed by atoms with E-state index in [0.717, 1.165) is 12.1 Å². The number of carbonyl (C=O) groups is 2. The first-order valence-electron chi connectivity index (χ1n) is 7.70. The lowest BCUT2D eigenvalue weighted by atomic mass is 9.73. The van der Waals surface area contributed by atoms with E-state index in [4.69, 9.17) is 5.11 Å². The van der Waals surface area contributed by atoms with Gasteiger partial charge >= 0.3 is 12.1 Å². The van der Waals surface area contributed by atoms with Crippen molar-refractivity contribution in [1.29, 1.82) is 0 Å². The summed E-state index contributed by atoms with van der Waals surface area (Å²) in [6, 6.07) is 4.84. The standard InChI is InChI=1S/C17H20F3NO3/c1-16(2,10-3-5-11(6-4-10)17(18,19)20)9-21-14(22)12-7-8-13(12)15(23)24/h3-6,12-13H,7-9H2,1-2H3,(H,21,22)(H,23,24). The van der Waals surface area contributed by atoms with Crippen molar-refractivity contribution in [3.8, 4) is 0 Å². The van der Waals surface area contributed by atoms with Gasteiger partial charge in [0.1, 0.15) is 0 Å². The van der Waals surface area contributed by atoms with Crippen LogP contribution in [-0.2, 0) is 21.2 Å². The third-order valence-corrected chi connectivity index (χ3v) is 4.63. The Morgan fingerprint density at radius 2 is 1.58 bits per heavy atom. The number of amides is 1. The summed E-state index contributed by atoms with van der Waals surface area (Å²) in [5.41, 5.74) is -0.619. The van der Waals surface area contributed by atoms with Crippen LogP contribution in [-0.4, -0.2) is 23.5 Å². The van der Waals surface area contributed by atoms with Gasteiger partial charge in [0.15, 0.2) is 0 Å². The number of carbonyl (C=O) groups excluding carboxylic acids is 1. The third-order valence-electron chi connectivity index (χ3n) is 4.63. The molecule has 0 aromatic heterocycles. The van der Waals surface area contributed by atoms with Crippen molar-refractivity contribution in [2.45, 2.75) is 38.3 Å². The number of benzene rings is 1. The van der Waals surface area contributed by atoms with Crippen molar-refractivity contribution in [2.24, 2.45) is 11.8 Å². The van der Waals surface area contributed by atoms with Crippen LogP contribution >= 0.6 is 0 Å². The Labute approximate surface area is 138 Å². The van der Waals surface area contributed by atoms with E-state index in [-0.39, 0.29) is 12.5 Å². The molecule has 1 aliphatic carbocycles. The molecule has 24 heavy (non-hydrogen) atoms. The molecule has 0 saturated heterocycles. The van der Waals surface area contributed by atoms with Gasteiger partial charge in [0, 0.05) is 12.0 Å². The molecule has 1 amide bonds. The Balaban J connectivity index is 1.98. The zero-order chi connectivity index (χ0) is 18.1. The van der Waals surface area contributed by atoms with E-state index in [2.05, 4.69) is 5.32 Å². The molecule has 0 heterocycles. The first-order chi connectivity index (χ1) is 11.0. The van der Waals surface area contributed by atoms with E-state index in [1.165, 1.54) is 12.1 Å². The smallest absolute Gasteiger partial charge is 0.416 e. The van der Waals surface area contributed by atoms with Crippen molar-refractivity contribution >= 4 is 11.9 Å². The number of hydrogen-bond acceptors (Lipinski definition) is 2. The number of halogens is 3. The highest BCUT2D eigenvalue weighted by atomic mass is 19.4. The molecule has 4 nitrogen and oxygen atoms in total. The van der Waals surface area contributed by atoms with Crippen LogP contribution in [0.5, 0.6) is 0 Å². The van der Waals surface area contributed by atoms with Gasteiger partial charge in [0.2, 0.25) is 5.91 Å². The number of hydrogen-bond donors (Lipinski definition) is 2. The maximum Gasteiger partial charge on any atom is 0.416 e. The van der Waals surface area contributed by atoms with Crippen molar-refractivity contribution in [2.75, 3.05) is 6.54 Å². The molecule has 0 bridgehead atoms. The summed E-state index contributed by atoms with van der Waals surface area (Å²) in [4.78, 5) is 23.0. The van der Waals surface area contributed by atoms with Crippen LogP contribution in [0.4, 0.5) is 13.2 Å². The van der Waals surface area contributed by atoms with Crippen LogP contribution in [0.15, 0.2) is 24.3 Å². The fourth-order valence-electron chi connectivity index (χ4n) is 2.76. The highest BCUT2D eigenvalue weighted by Crippen LogP contribution is 2.35. The molecule has 2 rings (SSSR count). The first-order valence-corrected chi connectivity index (χ1v) is 7.70. The minimum Gasteiger partial charge on any atom is -0.481 e. The quantitative estimate of drug-likeness (QED) is 0.863. The van der Waals surface area contributed by atoms with Crippen molar-refractivity contribution in [3.63, 3.8) is 0 Å². The fraction of sp³-hybridized carbons (Fsp3) is 0.529. The maximum atomic E-state index is 12.6. The van der Waals surface area contributed by atoms with Gasteiger partial charge in [-0.15, -0.1) is 0 Å². The molecule has 0 spiro atoms. The number of nitrogens with one attached hydrogen (secondary N) is 1. The van der Waals surface area contributed by atoms with Gasteiger partial charge in [0.25, 0.3) is 0 Å². The third kappa shape index (κ3) is 3.88. The van der Waals surface area contributed by atoms with Crippen LogP contribution in [0.3, 0.4) is 0 Å². The second kappa shape index (κ2) is 6.45. The normalized spacial score (nSPS) is 21.0. The molecular formula is C17H20F3NO3. The molecule has 1 fully saturated rings. The summed E-state index contributed by atoms with van der Waals surface area (Å²) < 4.78 is 37.8. The van der Waals surface area contributed by atoms with Gasteiger partial charge in [-0.05, 0) is 30.5 Å². The van der Waals surface area contributed by atoms with Gasteiger partial charge in [-0.25, -0.2) is 0 Å². The van der Waals surface area contributed by atoms with E-state index in [9.17, 15) is 22.8 Å². The molecule has 1 saturated carbocycles. The average molecular weight is 343 g/mol. The van der Waals surface area contributed by atoms with Gasteiger partial charge < -0.3 is 10.4 Å². The number of carboxylic acid groups (broad SMARTS) is 1. The summed E-state index contributed by atoms with van der Waals surface area (Å²) >= 11 is 0. The van der Waals surface area contributed by atoms with Crippen LogP contribution in [0.1, 0.15) is 37.8 Å². The molecule has 132 valence electrons. The Morgan fingerprint density at radius 3 is 2.00 bits per heavy atom. The van der Waals surface area contributed by atoms with Crippen LogP contribution < -0.4 is 5.32 Å². The monoisotopic (exact) mass is 343 g/mol. The lowest BCUT2D eigenvalue weighted by Crippen LogP contribution is -2.47. The van der Waals surface area contributed by atoms with Crippen LogP contribution in [0.25, 0.3) is 0 Å². The maximum absolute atomic E-state index is 12.6. The number of carboxylic acids is 1. The molecule has 2 atom stereocenters. The topological polar surface area (TPSA) is 66.4 Å². The zero-order valence-electron chi connectivity index (χ0n) is 13.5. The summed E-state index contributed by atoms with van der Waals surface area (Å²) in [5.74, 6) is -2.44. The van der Waals surface area contributed by atoms with E-state index in [0.29, 0.717) is 18.4 Å². The predicted molar refractivity (Wildman–Crippen MR) is 81.3 cm³/mol. The second-order valence-electron chi connectivity index (χ2n) is 6.81. The Hall–Kier alpha value is -2.05. The SMILES string of the molecule is CC(C)(CNC(=O)C1CCC1C(=O)O)c1ccc(C(F)(F)F)cc1. The molecule has 1 aliphatic rings. The average Bonchev–Trinajstić information content (AvgIpc) is 2.42. The number of aliphatic carboxylic acids is 1. The van der Waals surface area contributed by atoms with Crippen molar-refractivity contribution < 1.29 is 27.9 Å². The Kier molecular flexibility index (Phi) is 4.92. The van der Waals surface area contributed by atoms with Gasteiger partial charge in [-0.2, -0.15) is 13.2 Å². The van der Waals surface area contributed by atoms with E-state index >= 15 is 0 Å². The highest BCUT2D eigenvalue weighted by Gasteiger charge is 2.41. The van der Waals surface area contributed by atoms with Gasteiger partial charge in [0.05, 0.1) is 17.4 Å². The van der Waals surface area contributed by atoms with Gasteiger partial charge in [-0.1, -0.05) is 26.0 Å². The molecular weight excluding hydrogens is 323 g/mol. The van der Waals surface area contributed by atoms with E-state index in [1.807, 2.05) is 13.8 Å². The van der Waals surface area contributed by atoms with Crippen molar-refractivity contribution in [3.05, 3.63) is 35.4 Å². The molecule has 7 heteroatoms. The van der Waals surface area contributed by atoms with Crippen LogP contribution in [0, 0.1) is 11.8 Å².